The molecule has 0 radical (unpaired) electrons. The lowest BCUT2D eigenvalue weighted by atomic mass is 9.46. The van der Waals surface area contributed by atoms with Gasteiger partial charge >= 0.3 is 0 Å². The Bertz CT molecular complexity index is 216. The smallest absolute Gasteiger partial charge is 0.0953 e. The van der Waals surface area contributed by atoms with E-state index in [9.17, 15) is 0 Å². The molecule has 4 unspecified atom stereocenters. The molecule has 4 atom stereocenters. The van der Waals surface area contributed by atoms with Crippen molar-refractivity contribution in [3.05, 3.63) is 0 Å². The quantitative estimate of drug-likeness (QED) is 0.485. The maximum absolute atomic E-state index is 5.75. The van der Waals surface area contributed by atoms with Crippen LogP contribution >= 0.6 is 0 Å². The minimum atomic E-state index is 0.304. The largest absolute Gasteiger partial charge is 0.366 e. The monoisotopic (exact) mass is 152 g/mol. The normalized spacial score (nSPS) is 63.0. The van der Waals surface area contributed by atoms with E-state index in [2.05, 4.69) is 20.8 Å². The van der Waals surface area contributed by atoms with Gasteiger partial charge in [-0.25, -0.2) is 0 Å². The summed E-state index contributed by atoms with van der Waals surface area (Å²) in [6.07, 6.45) is 3.40. The second kappa shape index (κ2) is 1.39. The van der Waals surface area contributed by atoms with Gasteiger partial charge in [-0.15, -0.1) is 0 Å². The fourth-order valence-electron chi connectivity index (χ4n) is 3.51. The average Bonchev–Trinajstić information content (AvgIpc) is 2.58. The maximum atomic E-state index is 5.75. The van der Waals surface area contributed by atoms with E-state index in [0.29, 0.717) is 17.1 Å². The molecular formula is C10H16O. The molecular weight excluding hydrogens is 136 g/mol. The minimum absolute atomic E-state index is 0.304. The summed E-state index contributed by atoms with van der Waals surface area (Å²) in [5, 5.41) is 0. The third kappa shape index (κ3) is 0.516. The molecule has 0 aromatic rings. The van der Waals surface area contributed by atoms with Crippen LogP contribution in [0.4, 0.5) is 0 Å². The zero-order valence-electron chi connectivity index (χ0n) is 7.55. The SMILES string of the molecule is CC1(C)C2CC3OC3(C)C1C2. The Hall–Kier alpha value is -0.0400. The Balaban J connectivity index is 1.98. The van der Waals surface area contributed by atoms with Crippen molar-refractivity contribution in [3.63, 3.8) is 0 Å². The highest BCUT2D eigenvalue weighted by atomic mass is 16.6. The first-order chi connectivity index (χ1) is 5.05. The molecule has 4 aliphatic rings. The molecule has 0 spiro atoms. The molecule has 0 aromatic heterocycles. The van der Waals surface area contributed by atoms with Crippen LogP contribution in [0.25, 0.3) is 0 Å². The molecule has 3 saturated carbocycles. The number of ether oxygens (including phenoxy) is 1. The fourth-order valence-corrected chi connectivity index (χ4v) is 3.51. The van der Waals surface area contributed by atoms with Crippen LogP contribution in [0.15, 0.2) is 0 Å². The van der Waals surface area contributed by atoms with Crippen LogP contribution in [0.3, 0.4) is 0 Å². The van der Waals surface area contributed by atoms with Gasteiger partial charge in [-0.2, -0.15) is 0 Å². The summed E-state index contributed by atoms with van der Waals surface area (Å²) < 4.78 is 5.75. The van der Waals surface area contributed by atoms with Crippen LogP contribution in [-0.2, 0) is 4.74 Å². The Kier molecular flexibility index (Phi) is 0.820. The van der Waals surface area contributed by atoms with Gasteiger partial charge in [-0.05, 0) is 37.0 Å². The van der Waals surface area contributed by atoms with E-state index in [0.717, 1.165) is 11.8 Å². The first kappa shape index (κ1) is 6.47. The van der Waals surface area contributed by atoms with Crippen LogP contribution in [0.5, 0.6) is 0 Å². The van der Waals surface area contributed by atoms with E-state index in [4.69, 9.17) is 4.74 Å². The minimum Gasteiger partial charge on any atom is -0.366 e. The topological polar surface area (TPSA) is 12.5 Å². The molecule has 1 heteroatoms. The number of hydrogen-bond acceptors (Lipinski definition) is 1. The van der Waals surface area contributed by atoms with Gasteiger partial charge in [0.2, 0.25) is 0 Å². The molecule has 3 aliphatic carbocycles. The lowest BCUT2D eigenvalue weighted by Crippen LogP contribution is -2.56. The van der Waals surface area contributed by atoms with Crippen molar-refractivity contribution in [2.24, 2.45) is 17.3 Å². The van der Waals surface area contributed by atoms with Crippen molar-refractivity contribution in [2.75, 3.05) is 0 Å². The van der Waals surface area contributed by atoms with Gasteiger partial charge in [0.25, 0.3) is 0 Å². The number of rotatable bonds is 0. The van der Waals surface area contributed by atoms with Crippen molar-refractivity contribution in [2.45, 2.75) is 45.3 Å². The van der Waals surface area contributed by atoms with Gasteiger partial charge in [0, 0.05) is 0 Å². The molecule has 1 aliphatic heterocycles. The van der Waals surface area contributed by atoms with Gasteiger partial charge in [0.1, 0.15) is 0 Å². The van der Waals surface area contributed by atoms with Crippen molar-refractivity contribution in [1.29, 1.82) is 0 Å². The summed E-state index contributed by atoms with van der Waals surface area (Å²) in [7, 11) is 0. The van der Waals surface area contributed by atoms with E-state index in [1.807, 2.05) is 0 Å². The molecule has 1 nitrogen and oxygen atoms in total. The van der Waals surface area contributed by atoms with Crippen LogP contribution in [0.1, 0.15) is 33.6 Å². The highest BCUT2D eigenvalue weighted by Gasteiger charge is 2.72. The predicted octanol–water partition coefficient (Wildman–Crippen LogP) is 2.21. The molecule has 0 amide bonds. The first-order valence-corrected chi connectivity index (χ1v) is 4.73. The Labute approximate surface area is 68.1 Å². The number of epoxide rings is 1. The summed E-state index contributed by atoms with van der Waals surface area (Å²) in [5.74, 6) is 1.83. The molecule has 11 heavy (non-hydrogen) atoms. The molecule has 1 saturated heterocycles. The van der Waals surface area contributed by atoms with Crippen molar-refractivity contribution >= 4 is 0 Å². The van der Waals surface area contributed by atoms with Crippen molar-refractivity contribution in [3.8, 4) is 0 Å². The van der Waals surface area contributed by atoms with Crippen molar-refractivity contribution in [1.82, 2.24) is 0 Å². The second-order valence-electron chi connectivity index (χ2n) is 5.33. The van der Waals surface area contributed by atoms with E-state index in [1.165, 1.54) is 12.8 Å². The first-order valence-electron chi connectivity index (χ1n) is 4.73. The van der Waals surface area contributed by atoms with Crippen LogP contribution < -0.4 is 0 Å². The molecule has 0 N–H and O–H groups in total. The van der Waals surface area contributed by atoms with Gasteiger partial charge in [0.05, 0.1) is 11.7 Å². The molecule has 0 aromatic carbocycles. The summed E-state index contributed by atoms with van der Waals surface area (Å²) in [5.41, 5.74) is 0.889. The van der Waals surface area contributed by atoms with Gasteiger partial charge < -0.3 is 4.74 Å². The van der Waals surface area contributed by atoms with E-state index in [1.54, 1.807) is 0 Å². The van der Waals surface area contributed by atoms with Crippen LogP contribution in [-0.4, -0.2) is 11.7 Å². The van der Waals surface area contributed by atoms with Gasteiger partial charge in [-0.1, -0.05) is 13.8 Å². The lowest BCUT2D eigenvalue weighted by molar-refractivity contribution is -0.0789. The van der Waals surface area contributed by atoms with E-state index >= 15 is 0 Å². The summed E-state index contributed by atoms with van der Waals surface area (Å²) >= 11 is 0. The maximum Gasteiger partial charge on any atom is 0.0953 e. The summed E-state index contributed by atoms with van der Waals surface area (Å²) in [6, 6.07) is 0. The third-order valence-corrected chi connectivity index (χ3v) is 4.64. The molecule has 4 fully saturated rings. The third-order valence-electron chi connectivity index (χ3n) is 4.64. The second-order valence-corrected chi connectivity index (χ2v) is 5.33. The predicted molar refractivity (Wildman–Crippen MR) is 43.3 cm³/mol. The summed E-state index contributed by atoms with van der Waals surface area (Å²) in [6.45, 7) is 7.13. The molecule has 62 valence electrons. The highest BCUT2D eigenvalue weighted by Crippen LogP contribution is 2.70. The molecule has 2 bridgehead atoms. The van der Waals surface area contributed by atoms with E-state index in [-0.39, 0.29) is 0 Å². The van der Waals surface area contributed by atoms with Gasteiger partial charge in [0.15, 0.2) is 0 Å². The Morgan fingerprint density at radius 2 is 1.91 bits per heavy atom. The van der Waals surface area contributed by atoms with Crippen LogP contribution in [0.2, 0.25) is 0 Å². The lowest BCUT2D eigenvalue weighted by Gasteiger charge is -2.57. The van der Waals surface area contributed by atoms with E-state index < -0.39 is 0 Å². The summed E-state index contributed by atoms with van der Waals surface area (Å²) in [4.78, 5) is 0. The highest BCUT2D eigenvalue weighted by molar-refractivity contribution is 5.20. The van der Waals surface area contributed by atoms with Gasteiger partial charge in [-0.3, -0.25) is 0 Å². The van der Waals surface area contributed by atoms with Crippen LogP contribution in [0, 0.1) is 17.3 Å². The average molecular weight is 152 g/mol. The van der Waals surface area contributed by atoms with Crippen molar-refractivity contribution < 1.29 is 4.74 Å². The standard InChI is InChI=1S/C10H16O/c1-9(2)6-4-7(9)10(3)8(5-6)11-10/h6-8H,4-5H2,1-3H3. The Morgan fingerprint density at radius 1 is 1.18 bits per heavy atom. The molecule has 1 heterocycles. The number of hydrogen-bond donors (Lipinski definition) is 0. The Morgan fingerprint density at radius 3 is 2.36 bits per heavy atom. The fraction of sp³-hybridized carbons (Fsp3) is 1.00. The zero-order chi connectivity index (χ0) is 7.85. The zero-order valence-corrected chi connectivity index (χ0v) is 7.55. The molecule has 4 rings (SSSR count).